The van der Waals surface area contributed by atoms with Crippen LogP contribution in [-0.4, -0.2) is 35.8 Å². The van der Waals surface area contributed by atoms with Gasteiger partial charge in [-0.15, -0.1) is 0 Å². The van der Waals surface area contributed by atoms with Crippen LogP contribution in [-0.2, 0) is 13.0 Å². The van der Waals surface area contributed by atoms with Crippen LogP contribution in [0.25, 0.3) is 0 Å². The lowest BCUT2D eigenvalue weighted by atomic mass is 10.00. The topological polar surface area (TPSA) is 36.5 Å². The highest BCUT2D eigenvalue weighted by atomic mass is 32.1. The first-order valence-corrected chi connectivity index (χ1v) is 10.1. The van der Waals surface area contributed by atoms with E-state index in [0.717, 1.165) is 50.5 Å². The maximum Gasteiger partial charge on any atom is 0.170 e. The fourth-order valence-corrected chi connectivity index (χ4v) is 3.53. The molecule has 1 aliphatic rings. The third-order valence-electron chi connectivity index (χ3n) is 4.63. The highest BCUT2D eigenvalue weighted by Crippen LogP contribution is 2.18. The molecule has 0 spiro atoms. The third-order valence-corrected chi connectivity index (χ3v) is 4.88. The molecule has 0 radical (unpaired) electrons. The second-order valence-electron chi connectivity index (χ2n) is 7.22. The Morgan fingerprint density at radius 3 is 2.59 bits per heavy atom. The van der Waals surface area contributed by atoms with E-state index in [-0.39, 0.29) is 6.10 Å². The number of thiocarbonyl (C=S) groups is 1. The zero-order chi connectivity index (χ0) is 19.1. The molecule has 27 heavy (non-hydrogen) atoms. The molecule has 2 N–H and O–H groups in total. The fourth-order valence-electron chi connectivity index (χ4n) is 3.31. The summed E-state index contributed by atoms with van der Waals surface area (Å²) in [7, 11) is 0. The van der Waals surface area contributed by atoms with Gasteiger partial charge in [0.05, 0.1) is 6.10 Å². The Hall–Kier alpha value is -2.11. The number of fused-ring (bicyclic) bond motifs is 1. The van der Waals surface area contributed by atoms with Gasteiger partial charge in [0.25, 0.3) is 0 Å². The van der Waals surface area contributed by atoms with E-state index in [4.69, 9.17) is 17.0 Å². The van der Waals surface area contributed by atoms with Crippen molar-refractivity contribution in [2.24, 2.45) is 0 Å². The minimum absolute atomic E-state index is 0.180. The molecular formula is C22H29N3OS. The summed E-state index contributed by atoms with van der Waals surface area (Å²) in [5.74, 6) is 0.873. The van der Waals surface area contributed by atoms with Crippen LogP contribution in [0.15, 0.2) is 48.5 Å². The van der Waals surface area contributed by atoms with Crippen molar-refractivity contribution < 1.29 is 4.74 Å². The smallest absolute Gasteiger partial charge is 0.170 e. The van der Waals surface area contributed by atoms with E-state index in [9.17, 15) is 0 Å². The van der Waals surface area contributed by atoms with Gasteiger partial charge in [0.1, 0.15) is 5.75 Å². The van der Waals surface area contributed by atoms with Gasteiger partial charge in [-0.1, -0.05) is 24.3 Å². The summed E-state index contributed by atoms with van der Waals surface area (Å²) in [6.07, 6.45) is 2.41. The standard InChI is InChI=1S/C22H29N3OS/c1-17(2)26-21-10-8-20(9-11-21)24-22(27)23-13-5-14-25-15-12-18-6-3-4-7-19(18)16-25/h3-4,6-11,17H,5,12-16H2,1-2H3,(H2,23,24,27). The van der Waals surface area contributed by atoms with Gasteiger partial charge in [0, 0.05) is 31.9 Å². The molecule has 0 unspecified atom stereocenters. The van der Waals surface area contributed by atoms with E-state index in [1.165, 1.54) is 11.1 Å². The monoisotopic (exact) mass is 383 g/mol. The normalized spacial score (nSPS) is 13.9. The maximum absolute atomic E-state index is 5.65. The molecule has 0 saturated heterocycles. The average molecular weight is 384 g/mol. The lowest BCUT2D eigenvalue weighted by molar-refractivity contribution is 0.242. The molecule has 1 aliphatic heterocycles. The number of ether oxygens (including phenoxy) is 1. The van der Waals surface area contributed by atoms with E-state index in [0.29, 0.717) is 5.11 Å². The number of hydrogen-bond acceptors (Lipinski definition) is 3. The number of hydrogen-bond donors (Lipinski definition) is 2. The van der Waals surface area contributed by atoms with Crippen LogP contribution < -0.4 is 15.4 Å². The second-order valence-corrected chi connectivity index (χ2v) is 7.63. The number of anilines is 1. The number of nitrogens with zero attached hydrogens (tertiary/aromatic N) is 1. The predicted octanol–water partition coefficient (Wildman–Crippen LogP) is 4.21. The van der Waals surface area contributed by atoms with Crippen molar-refractivity contribution in [2.45, 2.75) is 39.3 Å². The Morgan fingerprint density at radius 2 is 1.85 bits per heavy atom. The zero-order valence-corrected chi connectivity index (χ0v) is 17.0. The van der Waals surface area contributed by atoms with Gasteiger partial charge in [-0.2, -0.15) is 0 Å². The lowest BCUT2D eigenvalue weighted by Gasteiger charge is -2.28. The Kier molecular flexibility index (Phi) is 7.07. The van der Waals surface area contributed by atoms with Crippen molar-refractivity contribution in [3.8, 4) is 5.75 Å². The highest BCUT2D eigenvalue weighted by molar-refractivity contribution is 7.80. The van der Waals surface area contributed by atoms with Crippen LogP contribution in [0.1, 0.15) is 31.4 Å². The first-order chi connectivity index (χ1) is 13.1. The molecular weight excluding hydrogens is 354 g/mol. The molecule has 5 heteroatoms. The maximum atomic E-state index is 5.65. The molecule has 0 atom stereocenters. The van der Waals surface area contributed by atoms with Crippen LogP contribution in [0.5, 0.6) is 5.75 Å². The molecule has 4 nitrogen and oxygen atoms in total. The van der Waals surface area contributed by atoms with Gasteiger partial charge in [0.2, 0.25) is 0 Å². The quantitative estimate of drug-likeness (QED) is 0.553. The number of benzene rings is 2. The van der Waals surface area contributed by atoms with Crippen LogP contribution in [0.2, 0.25) is 0 Å². The van der Waals surface area contributed by atoms with Crippen LogP contribution in [0.4, 0.5) is 5.69 Å². The SMILES string of the molecule is CC(C)Oc1ccc(NC(=S)NCCCN2CCc3ccccc3C2)cc1. The van der Waals surface area contributed by atoms with E-state index in [2.05, 4.69) is 39.8 Å². The largest absolute Gasteiger partial charge is 0.491 e. The summed E-state index contributed by atoms with van der Waals surface area (Å²) < 4.78 is 5.65. The predicted molar refractivity (Wildman–Crippen MR) is 116 cm³/mol. The molecule has 2 aromatic rings. The molecule has 0 bridgehead atoms. The average Bonchev–Trinajstić information content (AvgIpc) is 2.66. The highest BCUT2D eigenvalue weighted by Gasteiger charge is 2.14. The molecule has 144 valence electrons. The number of rotatable bonds is 7. The van der Waals surface area contributed by atoms with E-state index in [1.807, 2.05) is 38.1 Å². The summed E-state index contributed by atoms with van der Waals surface area (Å²) >= 11 is 5.39. The van der Waals surface area contributed by atoms with Gasteiger partial charge in [-0.3, -0.25) is 4.90 Å². The zero-order valence-electron chi connectivity index (χ0n) is 16.2. The van der Waals surface area contributed by atoms with Gasteiger partial charge in [-0.05, 0) is 74.3 Å². The first kappa shape index (κ1) is 19.6. The van der Waals surface area contributed by atoms with Gasteiger partial charge >= 0.3 is 0 Å². The molecule has 0 fully saturated rings. The number of nitrogens with one attached hydrogen (secondary N) is 2. The van der Waals surface area contributed by atoms with Crippen molar-refractivity contribution in [2.75, 3.05) is 25.0 Å². The molecule has 0 saturated carbocycles. The minimum atomic E-state index is 0.180. The summed E-state index contributed by atoms with van der Waals surface area (Å²) in [6, 6.07) is 16.6. The molecule has 1 heterocycles. The molecule has 0 aromatic heterocycles. The van der Waals surface area contributed by atoms with Crippen molar-refractivity contribution >= 4 is 23.0 Å². The van der Waals surface area contributed by atoms with Crippen LogP contribution >= 0.6 is 12.2 Å². The van der Waals surface area contributed by atoms with Crippen molar-refractivity contribution in [1.82, 2.24) is 10.2 Å². The second kappa shape index (κ2) is 9.72. The van der Waals surface area contributed by atoms with Gasteiger partial charge < -0.3 is 15.4 Å². The fraction of sp³-hybridized carbons (Fsp3) is 0.409. The van der Waals surface area contributed by atoms with Crippen molar-refractivity contribution in [1.29, 1.82) is 0 Å². The van der Waals surface area contributed by atoms with E-state index in [1.54, 1.807) is 0 Å². The first-order valence-electron chi connectivity index (χ1n) is 9.71. The van der Waals surface area contributed by atoms with E-state index >= 15 is 0 Å². The minimum Gasteiger partial charge on any atom is -0.491 e. The summed E-state index contributed by atoms with van der Waals surface area (Å²) in [5, 5.41) is 7.19. The molecule has 3 rings (SSSR count). The lowest BCUT2D eigenvalue weighted by Crippen LogP contribution is -2.34. The van der Waals surface area contributed by atoms with Crippen molar-refractivity contribution in [3.05, 3.63) is 59.7 Å². The van der Waals surface area contributed by atoms with Crippen molar-refractivity contribution in [3.63, 3.8) is 0 Å². The third kappa shape index (κ3) is 6.22. The van der Waals surface area contributed by atoms with Gasteiger partial charge in [-0.25, -0.2) is 0 Å². The van der Waals surface area contributed by atoms with E-state index < -0.39 is 0 Å². The molecule has 0 amide bonds. The Labute approximate surface area is 167 Å². The van der Waals surface area contributed by atoms with Crippen LogP contribution in [0, 0.1) is 0 Å². The van der Waals surface area contributed by atoms with Crippen LogP contribution in [0.3, 0.4) is 0 Å². The Morgan fingerprint density at radius 1 is 1.11 bits per heavy atom. The Bertz CT molecular complexity index is 745. The summed E-state index contributed by atoms with van der Waals surface area (Å²) in [5.41, 5.74) is 3.94. The summed E-state index contributed by atoms with van der Waals surface area (Å²) in [4.78, 5) is 2.52. The molecule has 2 aromatic carbocycles. The van der Waals surface area contributed by atoms with Gasteiger partial charge in [0.15, 0.2) is 5.11 Å². The Balaban J connectivity index is 1.34. The summed E-state index contributed by atoms with van der Waals surface area (Å²) in [6.45, 7) is 8.21. The molecule has 0 aliphatic carbocycles.